The van der Waals surface area contributed by atoms with E-state index in [1.807, 2.05) is 6.07 Å². The summed E-state index contributed by atoms with van der Waals surface area (Å²) in [5, 5.41) is 12.3. The third-order valence-corrected chi connectivity index (χ3v) is 6.84. The van der Waals surface area contributed by atoms with Gasteiger partial charge >= 0.3 is 11.9 Å². The van der Waals surface area contributed by atoms with E-state index in [1.54, 1.807) is 36.4 Å². The lowest BCUT2D eigenvalue weighted by Crippen LogP contribution is -2.43. The van der Waals surface area contributed by atoms with Gasteiger partial charge in [0.25, 0.3) is 5.91 Å². The summed E-state index contributed by atoms with van der Waals surface area (Å²) in [6.45, 7) is -0.0261. The zero-order chi connectivity index (χ0) is 27.9. The summed E-state index contributed by atoms with van der Waals surface area (Å²) in [4.78, 5) is 38.5. The average molecular weight is 541 g/mol. The topological polar surface area (TPSA) is 139 Å². The number of phenols is 1. The van der Waals surface area contributed by atoms with Crippen molar-refractivity contribution in [2.45, 2.75) is 19.1 Å². The van der Waals surface area contributed by atoms with Crippen molar-refractivity contribution in [3.63, 3.8) is 0 Å². The maximum atomic E-state index is 13.2. The molecule has 3 aromatic carbocycles. The van der Waals surface area contributed by atoms with Gasteiger partial charge in [-0.3, -0.25) is 9.10 Å². The number of sulfonamides is 1. The van der Waals surface area contributed by atoms with Gasteiger partial charge < -0.3 is 19.9 Å². The van der Waals surface area contributed by atoms with Gasteiger partial charge in [-0.1, -0.05) is 42.5 Å². The lowest BCUT2D eigenvalue weighted by Gasteiger charge is -2.20. The number of amides is 1. The normalized spacial score (nSPS) is 11.8. The van der Waals surface area contributed by atoms with E-state index in [9.17, 15) is 27.9 Å². The summed E-state index contributed by atoms with van der Waals surface area (Å²) >= 11 is 0. The largest absolute Gasteiger partial charge is 0.508 e. The molecule has 11 heteroatoms. The second-order valence-corrected chi connectivity index (χ2v) is 10.5. The molecule has 3 aromatic rings. The van der Waals surface area contributed by atoms with Gasteiger partial charge in [-0.15, -0.1) is 0 Å². The van der Waals surface area contributed by atoms with Gasteiger partial charge in [0, 0.05) is 19.0 Å². The minimum Gasteiger partial charge on any atom is -0.508 e. The molecule has 3 rings (SSSR count). The number of carbonyl (C=O) groups excluding carboxylic acids is 3. The van der Waals surface area contributed by atoms with E-state index >= 15 is 0 Å². The first-order valence-corrected chi connectivity index (χ1v) is 13.3. The van der Waals surface area contributed by atoms with Crippen molar-refractivity contribution in [1.82, 2.24) is 5.32 Å². The van der Waals surface area contributed by atoms with Crippen molar-refractivity contribution in [3.05, 3.63) is 95.1 Å². The Morgan fingerprint density at radius 1 is 0.947 bits per heavy atom. The molecule has 0 aromatic heterocycles. The molecule has 200 valence electrons. The molecule has 1 atom stereocenters. The molecule has 10 nitrogen and oxygen atoms in total. The first-order valence-electron chi connectivity index (χ1n) is 11.4. The predicted molar refractivity (Wildman–Crippen MR) is 140 cm³/mol. The fourth-order valence-corrected chi connectivity index (χ4v) is 4.02. The minimum absolute atomic E-state index is 0.00684. The van der Waals surface area contributed by atoms with Crippen molar-refractivity contribution in [2.24, 2.45) is 0 Å². The van der Waals surface area contributed by atoms with Crippen LogP contribution in [0.25, 0.3) is 0 Å². The summed E-state index contributed by atoms with van der Waals surface area (Å²) in [6, 6.07) is 17.9. The van der Waals surface area contributed by atoms with Gasteiger partial charge in [-0.2, -0.15) is 0 Å². The number of nitrogens with zero attached hydrogens (tertiary/aromatic N) is 1. The second-order valence-electron chi connectivity index (χ2n) is 8.48. The minimum atomic E-state index is -3.73. The number of hydrogen-bond acceptors (Lipinski definition) is 8. The van der Waals surface area contributed by atoms with Crippen molar-refractivity contribution in [1.29, 1.82) is 0 Å². The molecule has 0 fully saturated rings. The number of anilines is 1. The average Bonchev–Trinajstić information content (AvgIpc) is 2.90. The number of carbonyl (C=O) groups is 3. The lowest BCUT2D eigenvalue weighted by atomic mass is 10.0. The van der Waals surface area contributed by atoms with Crippen molar-refractivity contribution in [2.75, 3.05) is 24.7 Å². The van der Waals surface area contributed by atoms with Gasteiger partial charge in [0.05, 0.1) is 24.6 Å². The number of nitrogens with one attached hydrogen (secondary N) is 1. The summed E-state index contributed by atoms with van der Waals surface area (Å²) < 4.78 is 35.4. The Balaban J connectivity index is 1.91. The maximum Gasteiger partial charge on any atom is 0.338 e. The second kappa shape index (κ2) is 12.2. The predicted octanol–water partition coefficient (Wildman–Crippen LogP) is 2.66. The van der Waals surface area contributed by atoms with Crippen LogP contribution in [0.5, 0.6) is 5.75 Å². The molecule has 0 bridgehead atoms. The number of benzene rings is 3. The van der Waals surface area contributed by atoms with Crippen LogP contribution in [0.15, 0.2) is 72.8 Å². The number of methoxy groups -OCH3 is 1. The maximum absolute atomic E-state index is 13.2. The van der Waals surface area contributed by atoms with Gasteiger partial charge in [-0.05, 0) is 41.5 Å². The molecule has 0 spiro atoms. The summed E-state index contributed by atoms with van der Waals surface area (Å²) in [7, 11) is -1.27. The van der Waals surface area contributed by atoms with Crippen LogP contribution in [0, 0.1) is 0 Å². The highest BCUT2D eigenvalue weighted by Crippen LogP contribution is 2.22. The van der Waals surface area contributed by atoms with E-state index in [-0.39, 0.29) is 35.6 Å². The quantitative estimate of drug-likeness (QED) is 0.374. The number of ether oxygens (including phenoxy) is 2. The molecule has 38 heavy (non-hydrogen) atoms. The van der Waals surface area contributed by atoms with Crippen LogP contribution >= 0.6 is 0 Å². The van der Waals surface area contributed by atoms with Crippen LogP contribution in [-0.4, -0.2) is 57.8 Å². The number of esters is 2. The fourth-order valence-electron chi connectivity index (χ4n) is 3.54. The monoisotopic (exact) mass is 540 g/mol. The first-order chi connectivity index (χ1) is 18.0. The van der Waals surface area contributed by atoms with Crippen molar-refractivity contribution < 1.29 is 37.4 Å². The molecule has 2 N–H and O–H groups in total. The third kappa shape index (κ3) is 7.56. The van der Waals surface area contributed by atoms with Gasteiger partial charge in [0.1, 0.15) is 18.4 Å². The molecule has 0 aliphatic heterocycles. The molecule has 0 radical (unpaired) electrons. The standard InChI is InChI=1S/C27H28N2O8S/c1-29(38(3,34)35)22-15-20(14-21(16-22)26(32)37-17-18-8-5-4-6-9-18)25(31)28-24(27(33)36-2)13-19-10-7-11-23(30)12-19/h4-12,14-16,24,30H,13,17H2,1-3H3,(H,28,31)/t24-/m0/s1. The Labute approximate surface area is 220 Å². The van der Waals surface area contributed by atoms with E-state index in [0.717, 1.165) is 16.1 Å². The van der Waals surface area contributed by atoms with Crippen LogP contribution in [0.2, 0.25) is 0 Å². The first kappa shape index (κ1) is 28.2. The zero-order valence-electron chi connectivity index (χ0n) is 21.1. The highest BCUT2D eigenvalue weighted by molar-refractivity contribution is 7.92. The van der Waals surface area contributed by atoms with Crippen molar-refractivity contribution in [3.8, 4) is 5.75 Å². The Kier molecular flexibility index (Phi) is 9.08. The molecule has 0 heterocycles. The summed E-state index contributed by atoms with van der Waals surface area (Å²) in [5.74, 6) is -2.25. The molecule has 0 saturated carbocycles. The molecule has 0 aliphatic carbocycles. The molecule has 0 unspecified atom stereocenters. The van der Waals surface area contributed by atoms with E-state index in [2.05, 4.69) is 5.32 Å². The molecule has 0 saturated heterocycles. The Bertz CT molecular complexity index is 1420. The Morgan fingerprint density at radius 3 is 2.24 bits per heavy atom. The van der Waals surface area contributed by atoms with Gasteiger partial charge in [0.2, 0.25) is 10.0 Å². The molecular weight excluding hydrogens is 512 g/mol. The van der Waals surface area contributed by atoms with E-state index in [4.69, 9.17) is 9.47 Å². The molecule has 1 amide bonds. The zero-order valence-corrected chi connectivity index (χ0v) is 21.9. The van der Waals surface area contributed by atoms with Crippen LogP contribution in [0.4, 0.5) is 5.69 Å². The Hall–Kier alpha value is -4.38. The van der Waals surface area contributed by atoms with Crippen LogP contribution in [-0.2, 0) is 37.3 Å². The highest BCUT2D eigenvalue weighted by Gasteiger charge is 2.25. The SMILES string of the molecule is COC(=O)[C@H](Cc1cccc(O)c1)NC(=O)c1cc(C(=O)OCc2ccccc2)cc(N(C)S(C)(=O)=O)c1. The molecule has 0 aliphatic rings. The van der Waals surface area contributed by atoms with E-state index in [1.165, 1.54) is 44.5 Å². The van der Waals surface area contributed by atoms with Crippen LogP contribution < -0.4 is 9.62 Å². The Morgan fingerprint density at radius 2 is 1.61 bits per heavy atom. The number of aromatic hydroxyl groups is 1. The van der Waals surface area contributed by atoms with E-state index in [0.29, 0.717) is 5.56 Å². The lowest BCUT2D eigenvalue weighted by molar-refractivity contribution is -0.142. The summed E-state index contributed by atoms with van der Waals surface area (Å²) in [5.41, 5.74) is 1.23. The number of phenolic OH excluding ortho intramolecular Hbond substituents is 1. The fraction of sp³-hybridized carbons (Fsp3) is 0.222. The van der Waals surface area contributed by atoms with Gasteiger partial charge in [0.15, 0.2) is 0 Å². The van der Waals surface area contributed by atoms with Crippen molar-refractivity contribution >= 4 is 33.6 Å². The van der Waals surface area contributed by atoms with Gasteiger partial charge in [-0.25, -0.2) is 18.0 Å². The number of rotatable bonds is 10. The third-order valence-electron chi connectivity index (χ3n) is 5.63. The van der Waals surface area contributed by atoms with E-state index < -0.39 is 33.9 Å². The smallest absolute Gasteiger partial charge is 0.338 e. The number of hydrogen-bond donors (Lipinski definition) is 2. The van der Waals surface area contributed by atoms with Crippen LogP contribution in [0.3, 0.4) is 0 Å². The highest BCUT2D eigenvalue weighted by atomic mass is 32.2. The summed E-state index contributed by atoms with van der Waals surface area (Å²) in [6.07, 6.45) is 0.997. The van der Waals surface area contributed by atoms with Crippen LogP contribution in [0.1, 0.15) is 31.8 Å². The molecular formula is C27H28N2O8S.